The highest BCUT2D eigenvalue weighted by atomic mass is 32.2. The fourth-order valence-corrected chi connectivity index (χ4v) is 4.95. The van der Waals surface area contributed by atoms with Crippen LogP contribution in [-0.4, -0.2) is 45.4 Å². The van der Waals surface area contributed by atoms with E-state index in [1.165, 1.54) is 0 Å². The molecule has 0 radical (unpaired) electrons. The molecule has 1 aromatic carbocycles. The first kappa shape index (κ1) is 22.3. The molecule has 0 saturated carbocycles. The average molecular weight is 413 g/mol. The van der Waals surface area contributed by atoms with Gasteiger partial charge >= 0.3 is 0 Å². The molecule has 0 aromatic heterocycles. The molecule has 0 fully saturated rings. The summed E-state index contributed by atoms with van der Waals surface area (Å²) >= 11 is 0. The molecule has 0 unspecified atom stereocenters. The highest BCUT2D eigenvalue weighted by Crippen LogP contribution is 2.35. The number of benzene rings is 1. The maximum atomic E-state index is 12.9. The molecule has 1 aromatic rings. The predicted octanol–water partition coefficient (Wildman–Crippen LogP) is 2.94. The number of hydrogen-bond donors (Lipinski definition) is 1. The first-order chi connectivity index (χ1) is 12.7. The maximum absolute atomic E-state index is 12.9. The third-order valence-corrected chi connectivity index (χ3v) is 5.54. The Hall–Kier alpha value is -1.96. The Kier molecular flexibility index (Phi) is 6.23. The van der Waals surface area contributed by atoms with Gasteiger partial charge in [0.2, 0.25) is 15.9 Å². The molecule has 0 saturated heterocycles. The van der Waals surface area contributed by atoms with E-state index in [-0.39, 0.29) is 11.3 Å². The van der Waals surface area contributed by atoms with Crippen molar-refractivity contribution in [1.29, 1.82) is 0 Å². The molecule has 0 bridgehead atoms. The third-order valence-electron chi connectivity index (χ3n) is 4.30. The van der Waals surface area contributed by atoms with Crippen LogP contribution in [0, 0.1) is 5.41 Å². The zero-order valence-corrected chi connectivity index (χ0v) is 18.6. The van der Waals surface area contributed by atoms with E-state index in [1.54, 1.807) is 25.1 Å². The Bertz CT molecular complexity index is 827. The largest absolute Gasteiger partial charge is 0.486 e. The molecule has 158 valence electrons. The highest BCUT2D eigenvalue weighted by Gasteiger charge is 2.34. The van der Waals surface area contributed by atoms with Gasteiger partial charge in [-0.1, -0.05) is 20.8 Å². The van der Waals surface area contributed by atoms with Crippen LogP contribution < -0.4 is 19.1 Å². The molecule has 1 aliphatic rings. The van der Waals surface area contributed by atoms with Crippen LogP contribution in [0.4, 0.5) is 5.69 Å². The lowest BCUT2D eigenvalue weighted by molar-refractivity contribution is -0.123. The number of hydrogen-bond acceptors (Lipinski definition) is 5. The van der Waals surface area contributed by atoms with Gasteiger partial charge < -0.3 is 14.8 Å². The van der Waals surface area contributed by atoms with Crippen LogP contribution in [0.15, 0.2) is 18.2 Å². The minimum atomic E-state index is -3.70. The number of amides is 1. The van der Waals surface area contributed by atoms with Crippen molar-refractivity contribution in [3.8, 4) is 11.5 Å². The van der Waals surface area contributed by atoms with Crippen molar-refractivity contribution < 1.29 is 22.7 Å². The summed E-state index contributed by atoms with van der Waals surface area (Å²) in [5, 5.41) is 3.00. The topological polar surface area (TPSA) is 84.9 Å². The van der Waals surface area contributed by atoms with Gasteiger partial charge in [-0.25, -0.2) is 8.42 Å². The first-order valence-electron chi connectivity index (χ1n) is 9.41. The monoisotopic (exact) mass is 412 g/mol. The van der Waals surface area contributed by atoms with Crippen LogP contribution in [-0.2, 0) is 14.8 Å². The van der Waals surface area contributed by atoms with Gasteiger partial charge in [0.25, 0.3) is 0 Å². The van der Waals surface area contributed by atoms with E-state index in [1.807, 2.05) is 13.8 Å². The fourth-order valence-electron chi connectivity index (χ4n) is 3.79. The summed E-state index contributed by atoms with van der Waals surface area (Å²) in [6.45, 7) is 12.6. The van der Waals surface area contributed by atoms with E-state index in [9.17, 15) is 13.2 Å². The number of carbonyl (C=O) groups is 1. The van der Waals surface area contributed by atoms with Gasteiger partial charge in [0, 0.05) is 11.6 Å². The van der Waals surface area contributed by atoms with E-state index in [0.29, 0.717) is 30.4 Å². The molecule has 1 amide bonds. The van der Waals surface area contributed by atoms with Gasteiger partial charge in [-0.15, -0.1) is 0 Å². The summed E-state index contributed by atoms with van der Waals surface area (Å²) in [4.78, 5) is 12.9. The lowest BCUT2D eigenvalue weighted by Gasteiger charge is -2.36. The highest BCUT2D eigenvalue weighted by molar-refractivity contribution is 7.92. The van der Waals surface area contributed by atoms with Crippen molar-refractivity contribution in [2.45, 2.75) is 59.5 Å². The molecule has 8 heteroatoms. The minimum Gasteiger partial charge on any atom is -0.486 e. The van der Waals surface area contributed by atoms with Crippen LogP contribution in [0.2, 0.25) is 0 Å². The molecule has 0 aliphatic carbocycles. The van der Waals surface area contributed by atoms with Crippen molar-refractivity contribution in [2.75, 3.05) is 23.8 Å². The Balaban J connectivity index is 2.29. The van der Waals surface area contributed by atoms with Gasteiger partial charge in [-0.05, 0) is 44.7 Å². The Morgan fingerprint density at radius 3 is 2.25 bits per heavy atom. The third kappa shape index (κ3) is 5.77. The predicted molar refractivity (Wildman–Crippen MR) is 111 cm³/mol. The summed E-state index contributed by atoms with van der Waals surface area (Å²) in [6.07, 6.45) is 1.84. The number of ether oxygens (including phenoxy) is 2. The summed E-state index contributed by atoms with van der Waals surface area (Å²) in [5.41, 5.74) is -0.0885. The molecule has 28 heavy (non-hydrogen) atoms. The molecule has 2 rings (SSSR count). The van der Waals surface area contributed by atoms with E-state index in [4.69, 9.17) is 9.47 Å². The number of rotatable bonds is 6. The number of nitrogens with one attached hydrogen (secondary N) is 1. The minimum absolute atomic E-state index is 0.0202. The lowest BCUT2D eigenvalue weighted by atomic mass is 9.81. The molecule has 7 nitrogen and oxygen atoms in total. The van der Waals surface area contributed by atoms with Crippen LogP contribution in [0.25, 0.3) is 0 Å². The first-order valence-corrected chi connectivity index (χ1v) is 11.3. The number of sulfonamides is 1. The zero-order chi connectivity index (χ0) is 21.3. The van der Waals surface area contributed by atoms with Gasteiger partial charge in [0.05, 0.1) is 11.9 Å². The van der Waals surface area contributed by atoms with Crippen molar-refractivity contribution in [1.82, 2.24) is 5.32 Å². The average Bonchev–Trinajstić information content (AvgIpc) is 2.50. The Morgan fingerprint density at radius 2 is 1.71 bits per heavy atom. The van der Waals surface area contributed by atoms with Crippen LogP contribution in [0.5, 0.6) is 11.5 Å². The summed E-state index contributed by atoms with van der Waals surface area (Å²) in [6, 6.07) is 3.96. The lowest BCUT2D eigenvalue weighted by Crippen LogP contribution is -2.54. The second kappa shape index (κ2) is 7.81. The molecule has 1 heterocycles. The SMILES string of the molecule is C[C@@H](C(=O)NC(C)(C)CC(C)(C)C)N(c1ccc2c(c1)OCCO2)S(C)(=O)=O. The molecular weight excluding hydrogens is 380 g/mol. The quantitative estimate of drug-likeness (QED) is 0.776. The molecule has 1 atom stereocenters. The Labute approximate surface area is 168 Å². The van der Waals surface area contributed by atoms with Crippen molar-refractivity contribution in [2.24, 2.45) is 5.41 Å². The van der Waals surface area contributed by atoms with E-state index >= 15 is 0 Å². The van der Waals surface area contributed by atoms with Gasteiger partial charge in [0.1, 0.15) is 19.3 Å². The smallest absolute Gasteiger partial charge is 0.244 e. The summed E-state index contributed by atoms with van der Waals surface area (Å²) in [7, 11) is -3.70. The summed E-state index contributed by atoms with van der Waals surface area (Å²) in [5.74, 6) is 0.680. The number of fused-ring (bicyclic) bond motifs is 1. The Morgan fingerprint density at radius 1 is 1.14 bits per heavy atom. The zero-order valence-electron chi connectivity index (χ0n) is 17.8. The van der Waals surface area contributed by atoms with Crippen LogP contribution in [0.3, 0.4) is 0 Å². The van der Waals surface area contributed by atoms with E-state index < -0.39 is 21.6 Å². The second-order valence-electron chi connectivity index (χ2n) is 9.17. The van der Waals surface area contributed by atoms with Crippen molar-refractivity contribution >= 4 is 21.6 Å². The van der Waals surface area contributed by atoms with Gasteiger partial charge in [0.15, 0.2) is 11.5 Å². The van der Waals surface area contributed by atoms with Gasteiger partial charge in [-0.3, -0.25) is 9.10 Å². The number of anilines is 1. The molecule has 1 aliphatic heterocycles. The van der Waals surface area contributed by atoms with E-state index in [2.05, 4.69) is 26.1 Å². The summed E-state index contributed by atoms with van der Waals surface area (Å²) < 4.78 is 37.2. The fraction of sp³-hybridized carbons (Fsp3) is 0.650. The number of carbonyl (C=O) groups excluding carboxylic acids is 1. The molecule has 0 spiro atoms. The standard InChI is InChI=1S/C20H32N2O5S/c1-14(18(23)21-20(5,6)13-19(2,3)4)22(28(7,24)25)15-8-9-16-17(12-15)27-11-10-26-16/h8-9,12,14H,10-11,13H2,1-7H3,(H,21,23)/t14-/m0/s1. The van der Waals surface area contributed by atoms with Gasteiger partial charge in [-0.2, -0.15) is 0 Å². The van der Waals surface area contributed by atoms with Crippen molar-refractivity contribution in [3.63, 3.8) is 0 Å². The van der Waals surface area contributed by atoms with Crippen LogP contribution in [0.1, 0.15) is 48.0 Å². The second-order valence-corrected chi connectivity index (χ2v) is 11.0. The molecule has 1 N–H and O–H groups in total. The molecular formula is C20H32N2O5S. The van der Waals surface area contributed by atoms with Crippen LogP contribution >= 0.6 is 0 Å². The maximum Gasteiger partial charge on any atom is 0.244 e. The van der Waals surface area contributed by atoms with Crippen molar-refractivity contribution in [3.05, 3.63) is 18.2 Å². The normalized spacial score (nSPS) is 15.7. The number of nitrogens with zero attached hydrogens (tertiary/aromatic N) is 1. The van der Waals surface area contributed by atoms with E-state index in [0.717, 1.165) is 17.0 Å².